The first kappa shape index (κ1) is 19.4. The smallest absolute Gasteiger partial charge is 0.257 e. The monoisotopic (exact) mass is 420 g/mol. The molecule has 0 saturated heterocycles. The van der Waals surface area contributed by atoms with Gasteiger partial charge in [-0.2, -0.15) is 14.7 Å². The Morgan fingerprint density at radius 1 is 1.29 bits per heavy atom. The molecule has 3 N–H and O–H groups in total. The van der Waals surface area contributed by atoms with Gasteiger partial charge in [0.2, 0.25) is 0 Å². The van der Waals surface area contributed by atoms with Crippen molar-refractivity contribution in [1.82, 2.24) is 34.7 Å². The number of hydrogen-bond donors (Lipinski definition) is 3. The van der Waals surface area contributed by atoms with Gasteiger partial charge in [-0.1, -0.05) is 0 Å². The Labute approximate surface area is 178 Å². The maximum absolute atomic E-state index is 12.9. The predicted octanol–water partition coefficient (Wildman–Crippen LogP) is 2.02. The van der Waals surface area contributed by atoms with E-state index in [9.17, 15) is 9.90 Å². The molecule has 10 nitrogen and oxygen atoms in total. The van der Waals surface area contributed by atoms with Gasteiger partial charge >= 0.3 is 0 Å². The summed E-state index contributed by atoms with van der Waals surface area (Å²) < 4.78 is 3.67. The molecule has 1 amide bonds. The van der Waals surface area contributed by atoms with Crippen molar-refractivity contribution in [3.05, 3.63) is 36.3 Å². The molecule has 160 valence electrons. The molecular weight excluding hydrogens is 396 g/mol. The molecule has 1 saturated carbocycles. The third kappa shape index (κ3) is 3.10. The number of nitrogens with zero attached hydrogens (tertiary/aromatic N) is 6. The number of aromatic nitrogens is 6. The van der Waals surface area contributed by atoms with Gasteiger partial charge in [0.15, 0.2) is 11.3 Å². The van der Waals surface area contributed by atoms with Crippen molar-refractivity contribution < 1.29 is 9.90 Å². The number of anilines is 1. The lowest BCUT2D eigenvalue weighted by Gasteiger charge is -2.32. The fourth-order valence-corrected chi connectivity index (χ4v) is 3.93. The van der Waals surface area contributed by atoms with Crippen molar-refractivity contribution in [1.29, 1.82) is 0 Å². The van der Waals surface area contributed by atoms with E-state index in [1.54, 1.807) is 17.8 Å². The topological polar surface area (TPSA) is 122 Å². The molecule has 0 spiro atoms. The van der Waals surface area contributed by atoms with E-state index in [4.69, 9.17) is 4.98 Å². The molecule has 4 heterocycles. The van der Waals surface area contributed by atoms with Crippen LogP contribution in [0.5, 0.6) is 0 Å². The van der Waals surface area contributed by atoms with Gasteiger partial charge in [0.05, 0.1) is 30.2 Å². The molecule has 4 aromatic heterocycles. The Bertz CT molecular complexity index is 1290. The number of aliphatic hydroxyl groups is 1. The van der Waals surface area contributed by atoms with E-state index < -0.39 is 6.10 Å². The second-order valence-corrected chi connectivity index (χ2v) is 8.11. The number of fused-ring (bicyclic) bond motifs is 2. The van der Waals surface area contributed by atoms with E-state index >= 15 is 0 Å². The van der Waals surface area contributed by atoms with Crippen LogP contribution in [0.1, 0.15) is 43.1 Å². The highest BCUT2D eigenvalue weighted by Crippen LogP contribution is 2.32. The standard InChI is InChI=1S/C21H24N8O2/c1-11(2)28-10-14(12-6-7-23-27-20(12)28)16-8-18(22-3)29-19(25-16)13(9-24-29)21(31)26-15-4-5-17(15)30/h6-11,15,17,22,30H,4-5H2,1-3H3,(H,26,31)/t15?,17-/m0/s1. The van der Waals surface area contributed by atoms with Crippen LogP contribution in [0.3, 0.4) is 0 Å². The molecule has 0 aromatic carbocycles. The van der Waals surface area contributed by atoms with Crippen molar-refractivity contribution in [2.45, 2.75) is 44.9 Å². The number of hydrogen-bond acceptors (Lipinski definition) is 7. The van der Waals surface area contributed by atoms with E-state index in [1.807, 2.05) is 18.3 Å². The molecule has 1 aliphatic carbocycles. The number of amides is 1. The highest BCUT2D eigenvalue weighted by molar-refractivity contribution is 6.01. The SMILES string of the molecule is CNc1cc(-c2cn(C(C)C)c3nnccc23)nc2c(C(=O)NC3CC[C@@H]3O)cnn12. The van der Waals surface area contributed by atoms with Crippen LogP contribution in [-0.2, 0) is 0 Å². The molecule has 1 unspecified atom stereocenters. The van der Waals surface area contributed by atoms with Gasteiger partial charge in [0.25, 0.3) is 5.91 Å². The number of carbonyl (C=O) groups excluding carboxylic acids is 1. The van der Waals surface area contributed by atoms with E-state index in [2.05, 4.69) is 44.3 Å². The Balaban J connectivity index is 1.65. The highest BCUT2D eigenvalue weighted by atomic mass is 16.3. The lowest BCUT2D eigenvalue weighted by atomic mass is 9.89. The highest BCUT2D eigenvalue weighted by Gasteiger charge is 2.31. The van der Waals surface area contributed by atoms with Crippen molar-refractivity contribution in [3.63, 3.8) is 0 Å². The number of carbonyl (C=O) groups is 1. The van der Waals surface area contributed by atoms with E-state index in [0.717, 1.165) is 23.0 Å². The lowest BCUT2D eigenvalue weighted by molar-refractivity contribution is 0.0448. The van der Waals surface area contributed by atoms with Crippen LogP contribution in [0.2, 0.25) is 0 Å². The van der Waals surface area contributed by atoms with Gasteiger partial charge in [-0.25, -0.2) is 4.98 Å². The Kier molecular flexibility index (Phi) is 4.58. The summed E-state index contributed by atoms with van der Waals surface area (Å²) in [7, 11) is 1.80. The zero-order valence-electron chi connectivity index (χ0n) is 17.6. The summed E-state index contributed by atoms with van der Waals surface area (Å²) in [6, 6.07) is 3.79. The van der Waals surface area contributed by atoms with Crippen LogP contribution in [0.15, 0.2) is 30.7 Å². The van der Waals surface area contributed by atoms with Crippen molar-refractivity contribution in [2.75, 3.05) is 12.4 Å². The first-order valence-corrected chi connectivity index (χ1v) is 10.4. The summed E-state index contributed by atoms with van der Waals surface area (Å²) in [5.41, 5.74) is 3.20. The summed E-state index contributed by atoms with van der Waals surface area (Å²) >= 11 is 0. The van der Waals surface area contributed by atoms with Crippen LogP contribution in [-0.4, -0.2) is 59.6 Å². The normalized spacial score (nSPS) is 18.5. The molecule has 31 heavy (non-hydrogen) atoms. The van der Waals surface area contributed by atoms with Gasteiger partial charge in [-0.15, -0.1) is 5.10 Å². The molecular formula is C21H24N8O2. The van der Waals surface area contributed by atoms with E-state index in [-0.39, 0.29) is 18.0 Å². The Morgan fingerprint density at radius 3 is 2.81 bits per heavy atom. The maximum Gasteiger partial charge on any atom is 0.257 e. The summed E-state index contributed by atoms with van der Waals surface area (Å²) in [6.07, 6.45) is 6.16. The third-order valence-electron chi connectivity index (χ3n) is 5.86. The minimum atomic E-state index is -0.495. The van der Waals surface area contributed by atoms with E-state index in [1.165, 1.54) is 6.20 Å². The Morgan fingerprint density at radius 2 is 2.13 bits per heavy atom. The van der Waals surface area contributed by atoms with E-state index in [0.29, 0.717) is 29.1 Å². The van der Waals surface area contributed by atoms with Crippen LogP contribution < -0.4 is 10.6 Å². The Hall–Kier alpha value is -3.53. The largest absolute Gasteiger partial charge is 0.391 e. The predicted molar refractivity (Wildman–Crippen MR) is 116 cm³/mol. The molecule has 2 atom stereocenters. The van der Waals surface area contributed by atoms with Crippen LogP contribution >= 0.6 is 0 Å². The van der Waals surface area contributed by atoms with Crippen LogP contribution in [0, 0.1) is 0 Å². The van der Waals surface area contributed by atoms with Gasteiger partial charge in [-0.3, -0.25) is 4.79 Å². The molecule has 1 aliphatic rings. The molecule has 1 fully saturated rings. The minimum absolute atomic E-state index is 0.200. The zero-order chi connectivity index (χ0) is 21.7. The fraction of sp³-hybridized carbons (Fsp3) is 0.381. The second kappa shape index (κ2) is 7.31. The summed E-state index contributed by atoms with van der Waals surface area (Å²) in [5.74, 6) is 0.413. The van der Waals surface area contributed by atoms with Crippen LogP contribution in [0.4, 0.5) is 5.82 Å². The first-order chi connectivity index (χ1) is 15.0. The third-order valence-corrected chi connectivity index (χ3v) is 5.86. The van der Waals surface area contributed by atoms with Gasteiger partial charge < -0.3 is 20.3 Å². The average molecular weight is 420 g/mol. The first-order valence-electron chi connectivity index (χ1n) is 10.4. The fourth-order valence-electron chi connectivity index (χ4n) is 3.93. The molecule has 10 heteroatoms. The average Bonchev–Trinajstić information content (AvgIpc) is 3.37. The maximum atomic E-state index is 12.9. The number of nitrogens with one attached hydrogen (secondary N) is 2. The summed E-state index contributed by atoms with van der Waals surface area (Å²) in [6.45, 7) is 4.17. The summed E-state index contributed by atoms with van der Waals surface area (Å²) in [4.78, 5) is 17.7. The molecule has 0 bridgehead atoms. The van der Waals surface area contributed by atoms with Gasteiger partial charge in [0.1, 0.15) is 11.4 Å². The minimum Gasteiger partial charge on any atom is -0.391 e. The molecule has 0 radical (unpaired) electrons. The number of rotatable bonds is 5. The van der Waals surface area contributed by atoms with Crippen molar-refractivity contribution in [2.24, 2.45) is 0 Å². The van der Waals surface area contributed by atoms with Crippen LogP contribution in [0.25, 0.3) is 27.9 Å². The number of aliphatic hydroxyl groups excluding tert-OH is 1. The lowest BCUT2D eigenvalue weighted by Crippen LogP contribution is -2.50. The molecule has 0 aliphatic heterocycles. The quantitative estimate of drug-likeness (QED) is 0.451. The van der Waals surface area contributed by atoms with Gasteiger partial charge in [0, 0.05) is 36.3 Å². The van der Waals surface area contributed by atoms with Gasteiger partial charge in [-0.05, 0) is 32.8 Å². The van der Waals surface area contributed by atoms with Crippen molar-refractivity contribution in [3.8, 4) is 11.3 Å². The molecule has 4 aromatic rings. The molecule has 5 rings (SSSR count). The second-order valence-electron chi connectivity index (χ2n) is 8.11. The summed E-state index contributed by atoms with van der Waals surface area (Å²) in [5, 5.41) is 29.5. The van der Waals surface area contributed by atoms with Crippen molar-refractivity contribution >= 4 is 28.4 Å². The zero-order valence-corrected chi connectivity index (χ0v) is 17.6.